The summed E-state index contributed by atoms with van der Waals surface area (Å²) in [6, 6.07) is 3.10. The fourth-order valence-corrected chi connectivity index (χ4v) is 1.15. The van der Waals surface area contributed by atoms with Crippen LogP contribution in [0, 0.1) is 6.92 Å². The van der Waals surface area contributed by atoms with Gasteiger partial charge >= 0.3 is 6.18 Å². The first kappa shape index (κ1) is 14.9. The average molecular weight is 233 g/mol. The van der Waals surface area contributed by atoms with Crippen LogP contribution >= 0.6 is 0 Å². The predicted molar refractivity (Wildman–Crippen MR) is 59.4 cm³/mol. The SMILES string of the molecule is CC.Cc1ccc(C(C)C)nc1C(F)(F)F. The minimum atomic E-state index is -4.35. The molecule has 1 aromatic heterocycles. The summed E-state index contributed by atoms with van der Waals surface area (Å²) in [4.78, 5) is 3.62. The Morgan fingerprint density at radius 2 is 1.62 bits per heavy atom. The van der Waals surface area contributed by atoms with Crippen molar-refractivity contribution in [1.29, 1.82) is 0 Å². The monoisotopic (exact) mass is 233 g/mol. The molecule has 0 aliphatic carbocycles. The minimum Gasteiger partial charge on any atom is -0.248 e. The first-order valence-corrected chi connectivity index (χ1v) is 5.37. The molecular formula is C12H18F3N. The maximum atomic E-state index is 12.4. The van der Waals surface area contributed by atoms with Gasteiger partial charge in [-0.25, -0.2) is 4.98 Å². The van der Waals surface area contributed by atoms with E-state index in [1.165, 1.54) is 13.0 Å². The fourth-order valence-electron chi connectivity index (χ4n) is 1.15. The molecule has 0 aliphatic heterocycles. The zero-order valence-corrected chi connectivity index (χ0v) is 10.3. The minimum absolute atomic E-state index is 0.0108. The van der Waals surface area contributed by atoms with Crippen LogP contribution in [0.2, 0.25) is 0 Å². The molecule has 16 heavy (non-hydrogen) atoms. The maximum absolute atomic E-state index is 12.4. The van der Waals surface area contributed by atoms with E-state index < -0.39 is 11.9 Å². The normalized spacial score (nSPS) is 11.1. The average Bonchev–Trinajstić information content (AvgIpc) is 2.19. The largest absolute Gasteiger partial charge is 0.433 e. The van der Waals surface area contributed by atoms with Crippen LogP contribution in [-0.2, 0) is 6.18 Å². The van der Waals surface area contributed by atoms with Crippen molar-refractivity contribution in [1.82, 2.24) is 4.98 Å². The number of alkyl halides is 3. The van der Waals surface area contributed by atoms with Gasteiger partial charge in [-0.1, -0.05) is 33.8 Å². The highest BCUT2D eigenvalue weighted by Gasteiger charge is 2.34. The van der Waals surface area contributed by atoms with Crippen LogP contribution < -0.4 is 0 Å². The number of aryl methyl sites for hydroxylation is 1. The third-order valence-corrected chi connectivity index (χ3v) is 1.98. The summed E-state index contributed by atoms with van der Waals surface area (Å²) in [5.41, 5.74) is -0.131. The summed E-state index contributed by atoms with van der Waals surface area (Å²) in [6.07, 6.45) is -4.35. The second-order valence-electron chi connectivity index (χ2n) is 3.55. The Balaban J connectivity index is 0.00000106. The molecule has 1 heterocycles. The maximum Gasteiger partial charge on any atom is 0.433 e. The van der Waals surface area contributed by atoms with E-state index in [9.17, 15) is 13.2 Å². The second-order valence-corrected chi connectivity index (χ2v) is 3.55. The molecule has 0 atom stereocenters. The molecule has 0 saturated carbocycles. The smallest absolute Gasteiger partial charge is 0.248 e. The van der Waals surface area contributed by atoms with E-state index in [0.29, 0.717) is 5.69 Å². The third kappa shape index (κ3) is 3.83. The molecule has 0 saturated heterocycles. The molecule has 0 fully saturated rings. The van der Waals surface area contributed by atoms with Crippen LogP contribution in [0.15, 0.2) is 12.1 Å². The molecular weight excluding hydrogens is 215 g/mol. The Labute approximate surface area is 94.7 Å². The van der Waals surface area contributed by atoms with Gasteiger partial charge in [-0.2, -0.15) is 13.2 Å². The van der Waals surface area contributed by atoms with Gasteiger partial charge < -0.3 is 0 Å². The van der Waals surface area contributed by atoms with Gasteiger partial charge in [0.25, 0.3) is 0 Å². The number of hydrogen-bond acceptors (Lipinski definition) is 1. The Morgan fingerprint density at radius 3 is 2.00 bits per heavy atom. The molecule has 92 valence electrons. The standard InChI is InChI=1S/C10H12F3N.C2H6/c1-6(2)8-5-4-7(3)9(14-8)10(11,12)13;1-2/h4-6H,1-3H3;1-2H3. The first-order chi connectivity index (χ1) is 7.32. The molecule has 0 unspecified atom stereocenters. The van der Waals surface area contributed by atoms with Crippen LogP contribution in [0.1, 0.15) is 50.6 Å². The predicted octanol–water partition coefficient (Wildman–Crippen LogP) is 4.56. The summed E-state index contributed by atoms with van der Waals surface area (Å²) in [6.45, 7) is 9.05. The summed E-state index contributed by atoms with van der Waals surface area (Å²) in [7, 11) is 0. The molecule has 0 bridgehead atoms. The lowest BCUT2D eigenvalue weighted by atomic mass is 10.1. The summed E-state index contributed by atoms with van der Waals surface area (Å²) in [5.74, 6) is 0.0108. The number of aromatic nitrogens is 1. The van der Waals surface area contributed by atoms with Gasteiger partial charge in [-0.3, -0.25) is 0 Å². The number of nitrogens with zero attached hydrogens (tertiary/aromatic N) is 1. The molecule has 0 radical (unpaired) electrons. The number of halogens is 3. The van der Waals surface area contributed by atoms with E-state index >= 15 is 0 Å². The van der Waals surface area contributed by atoms with Crippen molar-refractivity contribution >= 4 is 0 Å². The lowest BCUT2D eigenvalue weighted by molar-refractivity contribution is -0.141. The molecule has 1 aromatic rings. The lowest BCUT2D eigenvalue weighted by Crippen LogP contribution is -2.12. The van der Waals surface area contributed by atoms with Crippen molar-refractivity contribution in [2.45, 2.75) is 46.7 Å². The van der Waals surface area contributed by atoms with E-state index in [-0.39, 0.29) is 11.5 Å². The third-order valence-electron chi connectivity index (χ3n) is 1.98. The van der Waals surface area contributed by atoms with Crippen LogP contribution in [0.25, 0.3) is 0 Å². The van der Waals surface area contributed by atoms with E-state index in [0.717, 1.165) is 0 Å². The van der Waals surface area contributed by atoms with Crippen LogP contribution in [-0.4, -0.2) is 4.98 Å². The van der Waals surface area contributed by atoms with Gasteiger partial charge in [0, 0.05) is 5.69 Å². The zero-order chi connectivity index (χ0) is 12.9. The van der Waals surface area contributed by atoms with Crippen molar-refractivity contribution < 1.29 is 13.2 Å². The Morgan fingerprint density at radius 1 is 1.12 bits per heavy atom. The van der Waals surface area contributed by atoms with Gasteiger partial charge in [-0.15, -0.1) is 0 Å². The summed E-state index contributed by atoms with van der Waals surface area (Å²) in [5, 5.41) is 0. The van der Waals surface area contributed by atoms with E-state index in [1.54, 1.807) is 6.07 Å². The number of pyridine rings is 1. The topological polar surface area (TPSA) is 12.9 Å². The fraction of sp³-hybridized carbons (Fsp3) is 0.583. The van der Waals surface area contributed by atoms with Crippen molar-refractivity contribution in [3.05, 3.63) is 29.1 Å². The van der Waals surface area contributed by atoms with Gasteiger partial charge in [0.05, 0.1) is 0 Å². The highest BCUT2D eigenvalue weighted by Crippen LogP contribution is 2.31. The van der Waals surface area contributed by atoms with E-state index in [2.05, 4.69) is 4.98 Å². The van der Waals surface area contributed by atoms with Gasteiger partial charge in [0.2, 0.25) is 0 Å². The molecule has 0 spiro atoms. The van der Waals surface area contributed by atoms with Crippen molar-refractivity contribution in [2.75, 3.05) is 0 Å². The van der Waals surface area contributed by atoms with Crippen molar-refractivity contribution in [3.8, 4) is 0 Å². The summed E-state index contributed by atoms with van der Waals surface area (Å²) < 4.78 is 37.3. The first-order valence-electron chi connectivity index (χ1n) is 5.37. The number of rotatable bonds is 1. The van der Waals surface area contributed by atoms with Crippen LogP contribution in [0.3, 0.4) is 0 Å². The summed E-state index contributed by atoms with van der Waals surface area (Å²) >= 11 is 0. The molecule has 1 rings (SSSR count). The van der Waals surface area contributed by atoms with Gasteiger partial charge in [-0.05, 0) is 24.5 Å². The lowest BCUT2D eigenvalue weighted by Gasteiger charge is -2.12. The second kappa shape index (κ2) is 5.87. The van der Waals surface area contributed by atoms with Crippen molar-refractivity contribution in [3.63, 3.8) is 0 Å². The Kier molecular flexibility index (Phi) is 5.48. The molecule has 0 amide bonds. The van der Waals surface area contributed by atoms with Gasteiger partial charge in [0.15, 0.2) is 0 Å². The quantitative estimate of drug-likeness (QED) is 0.693. The highest BCUT2D eigenvalue weighted by atomic mass is 19.4. The Bertz CT molecular complexity index is 330. The molecule has 0 aromatic carbocycles. The highest BCUT2D eigenvalue weighted by molar-refractivity contribution is 5.25. The molecule has 0 N–H and O–H groups in total. The van der Waals surface area contributed by atoms with Gasteiger partial charge in [0.1, 0.15) is 5.69 Å². The van der Waals surface area contributed by atoms with Crippen LogP contribution in [0.4, 0.5) is 13.2 Å². The zero-order valence-electron chi connectivity index (χ0n) is 10.3. The molecule has 4 heteroatoms. The number of hydrogen-bond donors (Lipinski definition) is 0. The van der Waals surface area contributed by atoms with Crippen molar-refractivity contribution in [2.24, 2.45) is 0 Å². The molecule has 0 aliphatic rings. The van der Waals surface area contributed by atoms with E-state index in [4.69, 9.17) is 0 Å². The Hall–Kier alpha value is -1.06. The molecule has 1 nitrogen and oxygen atoms in total. The van der Waals surface area contributed by atoms with E-state index in [1.807, 2.05) is 27.7 Å². The van der Waals surface area contributed by atoms with Crippen LogP contribution in [0.5, 0.6) is 0 Å².